The highest BCUT2D eigenvalue weighted by Crippen LogP contribution is 2.33. The lowest BCUT2D eigenvalue weighted by Gasteiger charge is -2.35. The summed E-state index contributed by atoms with van der Waals surface area (Å²) < 4.78 is 1.20. The number of rotatable bonds is 1. The Hall–Kier alpha value is -1.09. The number of hydrogen-bond acceptors (Lipinski definition) is 7. The van der Waals surface area contributed by atoms with Crippen LogP contribution in [0.3, 0.4) is 0 Å². The lowest BCUT2D eigenvalue weighted by molar-refractivity contribution is -0.0633. The molecule has 0 radical (unpaired) electrons. The Bertz CT molecular complexity index is 466. The molecular weight excluding hydrogens is 246 g/mol. The van der Waals surface area contributed by atoms with Crippen molar-refractivity contribution in [3.8, 4) is 0 Å². The second kappa shape index (κ2) is 4.65. The van der Waals surface area contributed by atoms with Crippen LogP contribution in [-0.2, 0) is 0 Å². The third-order valence-electron chi connectivity index (χ3n) is 2.60. The van der Waals surface area contributed by atoms with Gasteiger partial charge in [-0.15, -0.1) is 11.8 Å². The zero-order valence-corrected chi connectivity index (χ0v) is 9.62. The fourth-order valence-electron chi connectivity index (χ4n) is 1.66. The molecule has 7 nitrogen and oxygen atoms in total. The largest absolute Gasteiger partial charge is 0.389 e. The summed E-state index contributed by atoms with van der Waals surface area (Å²) >= 11 is 1.18. The van der Waals surface area contributed by atoms with Crippen molar-refractivity contribution in [1.82, 2.24) is 9.55 Å². The fraction of sp³-hybridized carbons (Fsp3) is 0.556. The molecule has 0 aromatic carbocycles. The van der Waals surface area contributed by atoms with Crippen LogP contribution in [0.2, 0.25) is 0 Å². The molecule has 0 amide bonds. The van der Waals surface area contributed by atoms with Gasteiger partial charge in [0.2, 0.25) is 0 Å². The minimum Gasteiger partial charge on any atom is -0.389 e. The van der Waals surface area contributed by atoms with Crippen molar-refractivity contribution in [3.05, 3.63) is 22.7 Å². The lowest BCUT2D eigenvalue weighted by atomic mass is 10.1. The molecular formula is C9H13N3O4S. The first-order chi connectivity index (χ1) is 8.00. The summed E-state index contributed by atoms with van der Waals surface area (Å²) in [5.74, 6) is 0.335. The van der Waals surface area contributed by atoms with Crippen LogP contribution in [0.15, 0.2) is 17.1 Å². The predicted octanol–water partition coefficient (Wildman–Crippen LogP) is -1.85. The van der Waals surface area contributed by atoms with Crippen molar-refractivity contribution in [1.29, 1.82) is 0 Å². The van der Waals surface area contributed by atoms with Gasteiger partial charge in [-0.05, 0) is 6.07 Å². The Balaban J connectivity index is 2.31. The van der Waals surface area contributed by atoms with E-state index in [1.54, 1.807) is 0 Å². The van der Waals surface area contributed by atoms with Gasteiger partial charge in [0.05, 0.1) is 6.10 Å². The van der Waals surface area contributed by atoms with Crippen LogP contribution in [0.1, 0.15) is 5.37 Å². The van der Waals surface area contributed by atoms with Crippen LogP contribution in [0, 0.1) is 0 Å². The van der Waals surface area contributed by atoms with Crippen molar-refractivity contribution in [2.75, 3.05) is 11.5 Å². The van der Waals surface area contributed by atoms with Crippen LogP contribution in [-0.4, -0.2) is 48.9 Å². The molecule has 0 bridgehead atoms. The summed E-state index contributed by atoms with van der Waals surface area (Å²) in [4.78, 5) is 15.1. The average Bonchev–Trinajstić information content (AvgIpc) is 2.28. The first-order valence-electron chi connectivity index (χ1n) is 5.01. The van der Waals surface area contributed by atoms with Gasteiger partial charge < -0.3 is 21.1 Å². The maximum atomic E-state index is 11.6. The van der Waals surface area contributed by atoms with Gasteiger partial charge in [-0.1, -0.05) is 0 Å². The fourth-order valence-corrected chi connectivity index (χ4v) is 2.93. The second-order valence-corrected chi connectivity index (χ2v) is 4.96. The number of hydrogen-bond donors (Lipinski definition) is 4. The van der Waals surface area contributed by atoms with Gasteiger partial charge in [-0.3, -0.25) is 4.57 Å². The van der Waals surface area contributed by atoms with Gasteiger partial charge >= 0.3 is 5.69 Å². The summed E-state index contributed by atoms with van der Waals surface area (Å²) in [6.07, 6.45) is -2.09. The molecule has 0 saturated carbocycles. The van der Waals surface area contributed by atoms with E-state index in [0.29, 0.717) is 0 Å². The van der Waals surface area contributed by atoms with Crippen molar-refractivity contribution in [2.45, 2.75) is 23.7 Å². The first-order valence-corrected chi connectivity index (χ1v) is 6.06. The summed E-state index contributed by atoms with van der Waals surface area (Å²) in [6, 6.07) is 1.44. The number of aromatic nitrogens is 2. The molecule has 1 saturated heterocycles. The van der Waals surface area contributed by atoms with E-state index in [4.69, 9.17) is 5.73 Å². The zero-order valence-electron chi connectivity index (χ0n) is 8.80. The zero-order chi connectivity index (χ0) is 12.6. The SMILES string of the molecule is Nc1ccn(C2SCC(O)C(O)C2O)c(=O)n1. The molecule has 8 heteroatoms. The van der Waals surface area contributed by atoms with E-state index in [9.17, 15) is 20.1 Å². The van der Waals surface area contributed by atoms with Crippen molar-refractivity contribution in [2.24, 2.45) is 0 Å². The number of nitrogens with two attached hydrogens (primary N) is 1. The summed E-state index contributed by atoms with van der Waals surface area (Å²) in [5.41, 5.74) is 4.77. The Morgan fingerprint density at radius 3 is 2.76 bits per heavy atom. The monoisotopic (exact) mass is 259 g/mol. The van der Waals surface area contributed by atoms with E-state index in [1.807, 2.05) is 0 Å². The maximum absolute atomic E-state index is 11.6. The molecule has 1 aromatic rings. The Morgan fingerprint density at radius 1 is 1.41 bits per heavy atom. The van der Waals surface area contributed by atoms with Gasteiger partial charge in [0.25, 0.3) is 0 Å². The van der Waals surface area contributed by atoms with E-state index in [1.165, 1.54) is 28.6 Å². The number of aliphatic hydroxyl groups is 3. The van der Waals surface area contributed by atoms with Gasteiger partial charge in [0.1, 0.15) is 23.4 Å². The van der Waals surface area contributed by atoms with Gasteiger partial charge in [0.15, 0.2) is 0 Å². The summed E-state index contributed by atoms with van der Waals surface area (Å²) in [5, 5.41) is 28.1. The molecule has 94 valence electrons. The van der Waals surface area contributed by atoms with Crippen molar-refractivity contribution < 1.29 is 15.3 Å². The van der Waals surface area contributed by atoms with Crippen LogP contribution in [0.5, 0.6) is 0 Å². The second-order valence-electron chi connectivity index (χ2n) is 3.81. The summed E-state index contributed by atoms with van der Waals surface area (Å²) in [7, 11) is 0. The van der Waals surface area contributed by atoms with Gasteiger partial charge in [-0.25, -0.2) is 4.79 Å². The highest BCUT2D eigenvalue weighted by Gasteiger charge is 2.38. The molecule has 1 aliphatic heterocycles. The maximum Gasteiger partial charge on any atom is 0.350 e. The van der Waals surface area contributed by atoms with E-state index in [2.05, 4.69) is 4.98 Å². The molecule has 4 unspecified atom stereocenters. The topological polar surface area (TPSA) is 122 Å². The molecule has 4 atom stereocenters. The normalized spacial score (nSPS) is 33.6. The quantitative estimate of drug-likeness (QED) is 0.467. The highest BCUT2D eigenvalue weighted by atomic mass is 32.2. The summed E-state index contributed by atoms with van der Waals surface area (Å²) in [6.45, 7) is 0. The molecule has 1 aromatic heterocycles. The van der Waals surface area contributed by atoms with Gasteiger partial charge in [0, 0.05) is 11.9 Å². The van der Waals surface area contributed by atoms with Crippen LogP contribution < -0.4 is 11.4 Å². The number of aliphatic hydroxyl groups excluding tert-OH is 3. The molecule has 2 heterocycles. The Kier molecular flexibility index (Phi) is 3.38. The Labute approximate surface area is 101 Å². The molecule has 17 heavy (non-hydrogen) atoms. The molecule has 1 fully saturated rings. The molecule has 0 spiro atoms. The lowest BCUT2D eigenvalue weighted by Crippen LogP contribution is -2.48. The molecule has 1 aliphatic rings. The number of nitrogen functional groups attached to an aromatic ring is 1. The van der Waals surface area contributed by atoms with Crippen LogP contribution >= 0.6 is 11.8 Å². The number of nitrogens with zero attached hydrogens (tertiary/aromatic N) is 2. The highest BCUT2D eigenvalue weighted by molar-refractivity contribution is 7.99. The molecule has 0 aliphatic carbocycles. The van der Waals surface area contributed by atoms with E-state index in [0.717, 1.165) is 0 Å². The predicted molar refractivity (Wildman–Crippen MR) is 62.4 cm³/mol. The van der Waals surface area contributed by atoms with Crippen molar-refractivity contribution in [3.63, 3.8) is 0 Å². The smallest absolute Gasteiger partial charge is 0.350 e. The minimum atomic E-state index is -1.27. The van der Waals surface area contributed by atoms with E-state index in [-0.39, 0.29) is 11.6 Å². The first kappa shape index (κ1) is 12.4. The standard InChI is InChI=1S/C9H13N3O4S/c10-5-1-2-12(9(16)11-5)8-7(15)6(14)4(13)3-17-8/h1-2,4,6-8,13-15H,3H2,(H2,10,11,16). The van der Waals surface area contributed by atoms with Crippen LogP contribution in [0.25, 0.3) is 0 Å². The van der Waals surface area contributed by atoms with E-state index >= 15 is 0 Å². The Morgan fingerprint density at radius 2 is 2.12 bits per heavy atom. The third-order valence-corrected chi connectivity index (χ3v) is 3.98. The third kappa shape index (κ3) is 2.29. The molecule has 5 N–H and O–H groups in total. The van der Waals surface area contributed by atoms with Crippen LogP contribution in [0.4, 0.5) is 5.82 Å². The van der Waals surface area contributed by atoms with Gasteiger partial charge in [-0.2, -0.15) is 4.98 Å². The average molecular weight is 259 g/mol. The number of thioether (sulfide) groups is 1. The number of anilines is 1. The minimum absolute atomic E-state index is 0.0992. The molecule has 2 rings (SSSR count). The van der Waals surface area contributed by atoms with Crippen molar-refractivity contribution >= 4 is 17.6 Å². The van der Waals surface area contributed by atoms with E-state index < -0.39 is 29.4 Å².